The van der Waals surface area contributed by atoms with Crippen molar-refractivity contribution >= 4 is 23.3 Å². The molecule has 0 unspecified atom stereocenters. The molecule has 27 heavy (non-hydrogen) atoms. The summed E-state index contributed by atoms with van der Waals surface area (Å²) in [4.78, 5) is 34.7. The van der Waals surface area contributed by atoms with E-state index in [1.165, 1.54) is 20.8 Å². The van der Waals surface area contributed by atoms with Gasteiger partial charge < -0.3 is 10.1 Å². The highest BCUT2D eigenvalue weighted by atomic mass is 16.6. The van der Waals surface area contributed by atoms with Crippen molar-refractivity contribution in [1.82, 2.24) is 9.78 Å². The topological polar surface area (TPSA) is 140 Å². The summed E-state index contributed by atoms with van der Waals surface area (Å²) >= 11 is 0. The summed E-state index contributed by atoms with van der Waals surface area (Å²) in [6.07, 6.45) is -1.13. The third-order valence-electron chi connectivity index (χ3n) is 3.79. The van der Waals surface area contributed by atoms with Crippen molar-refractivity contribution in [3.8, 4) is 6.07 Å². The molecule has 1 amide bonds. The van der Waals surface area contributed by atoms with Gasteiger partial charge in [0.1, 0.15) is 24.0 Å². The van der Waals surface area contributed by atoms with Crippen molar-refractivity contribution in [2.75, 3.05) is 5.32 Å². The fraction of sp³-hybridized carbons (Fsp3) is 0.294. The fourth-order valence-corrected chi connectivity index (χ4v) is 2.44. The lowest BCUT2D eigenvalue weighted by atomic mass is 10.2. The molecule has 0 aliphatic carbocycles. The molecule has 0 fully saturated rings. The fourth-order valence-electron chi connectivity index (χ4n) is 2.44. The SMILES string of the molecule is Cc1nn(CC(=O)O[C@H](C)C(=O)Nc2ccccc2C#N)c(C)c1[N+](=O)[O-]. The predicted octanol–water partition coefficient (Wildman–Crippen LogP) is 1.85. The van der Waals surface area contributed by atoms with Gasteiger partial charge in [0.25, 0.3) is 5.91 Å². The Kier molecular flexibility index (Phi) is 5.87. The molecule has 0 radical (unpaired) electrons. The molecule has 1 heterocycles. The second kappa shape index (κ2) is 8.09. The molecule has 0 aliphatic heterocycles. The summed E-state index contributed by atoms with van der Waals surface area (Å²) in [5, 5.41) is 26.5. The van der Waals surface area contributed by atoms with Crippen LogP contribution in [0.1, 0.15) is 23.9 Å². The molecule has 10 heteroatoms. The molecule has 0 bridgehead atoms. The minimum Gasteiger partial charge on any atom is -0.451 e. The molecule has 1 aromatic heterocycles. The number of rotatable bonds is 6. The Balaban J connectivity index is 2.01. The van der Waals surface area contributed by atoms with Crippen LogP contribution in [0.3, 0.4) is 0 Å². The van der Waals surface area contributed by atoms with Gasteiger partial charge in [-0.1, -0.05) is 12.1 Å². The number of ether oxygens (including phenoxy) is 1. The summed E-state index contributed by atoms with van der Waals surface area (Å²) in [6.45, 7) is 3.95. The van der Waals surface area contributed by atoms with Crippen LogP contribution in [-0.4, -0.2) is 32.7 Å². The number of nitriles is 1. The average Bonchev–Trinajstić information content (AvgIpc) is 2.88. The molecule has 0 aliphatic rings. The van der Waals surface area contributed by atoms with E-state index < -0.39 is 22.9 Å². The maximum atomic E-state index is 12.2. The lowest BCUT2D eigenvalue weighted by molar-refractivity contribution is -0.386. The van der Waals surface area contributed by atoms with E-state index in [1.807, 2.05) is 6.07 Å². The highest BCUT2D eigenvalue weighted by Crippen LogP contribution is 2.21. The number of carbonyl (C=O) groups excluding carboxylic acids is 2. The third-order valence-corrected chi connectivity index (χ3v) is 3.79. The molecule has 1 atom stereocenters. The molecule has 0 saturated heterocycles. The van der Waals surface area contributed by atoms with E-state index in [0.29, 0.717) is 5.69 Å². The Morgan fingerprint density at radius 1 is 1.41 bits per heavy atom. The van der Waals surface area contributed by atoms with Crippen molar-refractivity contribution in [1.29, 1.82) is 5.26 Å². The van der Waals surface area contributed by atoms with E-state index in [2.05, 4.69) is 10.4 Å². The standard InChI is InChI=1S/C17H17N5O5/c1-10-16(22(25)26)11(2)21(20-10)9-15(23)27-12(3)17(24)19-14-7-5-4-6-13(14)8-18/h4-7,12H,9H2,1-3H3,(H,19,24)/t12-/m1/s1. The van der Waals surface area contributed by atoms with Crippen molar-refractivity contribution < 1.29 is 19.2 Å². The first kappa shape index (κ1) is 19.6. The molecule has 0 spiro atoms. The molecule has 10 nitrogen and oxygen atoms in total. The number of hydrogen-bond donors (Lipinski definition) is 1. The molecule has 2 aromatic rings. The molecule has 1 N–H and O–H groups in total. The molecule has 1 aromatic carbocycles. The second-order valence-corrected chi connectivity index (χ2v) is 5.71. The Hall–Kier alpha value is -3.74. The van der Waals surface area contributed by atoms with E-state index >= 15 is 0 Å². The number of benzene rings is 1. The number of anilines is 1. The van der Waals surface area contributed by atoms with Crippen LogP contribution in [0.2, 0.25) is 0 Å². The summed E-state index contributed by atoms with van der Waals surface area (Å²) < 4.78 is 6.22. The summed E-state index contributed by atoms with van der Waals surface area (Å²) in [7, 11) is 0. The number of para-hydroxylation sites is 1. The number of hydrogen-bond acceptors (Lipinski definition) is 7. The molecular weight excluding hydrogens is 354 g/mol. The summed E-state index contributed by atoms with van der Waals surface area (Å²) in [5.41, 5.74) is 0.821. The van der Waals surface area contributed by atoms with Gasteiger partial charge in [0, 0.05) is 0 Å². The number of aryl methyl sites for hydroxylation is 1. The lowest BCUT2D eigenvalue weighted by Crippen LogP contribution is -2.31. The van der Waals surface area contributed by atoms with Gasteiger partial charge in [-0.25, -0.2) is 0 Å². The van der Waals surface area contributed by atoms with E-state index in [4.69, 9.17) is 10.00 Å². The predicted molar refractivity (Wildman–Crippen MR) is 93.7 cm³/mol. The van der Waals surface area contributed by atoms with Crippen LogP contribution in [0.4, 0.5) is 11.4 Å². The Morgan fingerprint density at radius 3 is 2.67 bits per heavy atom. The van der Waals surface area contributed by atoms with Crippen molar-refractivity contribution in [3.63, 3.8) is 0 Å². The van der Waals surface area contributed by atoms with Gasteiger partial charge in [0.15, 0.2) is 6.10 Å². The number of nitrogens with one attached hydrogen (secondary N) is 1. The molecule has 2 rings (SSSR count). The van der Waals surface area contributed by atoms with Crippen LogP contribution >= 0.6 is 0 Å². The van der Waals surface area contributed by atoms with Gasteiger partial charge in [-0.3, -0.25) is 24.4 Å². The zero-order valence-electron chi connectivity index (χ0n) is 14.9. The van der Waals surface area contributed by atoms with Crippen LogP contribution in [0.15, 0.2) is 24.3 Å². The van der Waals surface area contributed by atoms with Crippen molar-refractivity contribution in [3.05, 3.63) is 51.3 Å². The Bertz CT molecular complexity index is 944. The Morgan fingerprint density at radius 2 is 2.07 bits per heavy atom. The maximum absolute atomic E-state index is 12.2. The van der Waals surface area contributed by atoms with Crippen LogP contribution in [0.25, 0.3) is 0 Å². The first-order chi connectivity index (χ1) is 12.7. The summed E-state index contributed by atoms with van der Waals surface area (Å²) in [6, 6.07) is 8.36. The normalized spacial score (nSPS) is 11.3. The minimum absolute atomic E-state index is 0.165. The smallest absolute Gasteiger partial charge is 0.328 e. The van der Waals surface area contributed by atoms with Crippen LogP contribution in [-0.2, 0) is 20.9 Å². The first-order valence-electron chi connectivity index (χ1n) is 7.92. The molecular formula is C17H17N5O5. The van der Waals surface area contributed by atoms with Crippen LogP contribution < -0.4 is 5.32 Å². The quantitative estimate of drug-likeness (QED) is 0.464. The van der Waals surface area contributed by atoms with Crippen molar-refractivity contribution in [2.24, 2.45) is 0 Å². The van der Waals surface area contributed by atoms with E-state index in [1.54, 1.807) is 24.3 Å². The van der Waals surface area contributed by atoms with Gasteiger partial charge >= 0.3 is 11.7 Å². The molecule has 140 valence electrons. The third kappa shape index (κ3) is 4.46. The molecule has 0 saturated carbocycles. The van der Waals surface area contributed by atoms with E-state index in [9.17, 15) is 19.7 Å². The number of aromatic nitrogens is 2. The number of carbonyl (C=O) groups is 2. The van der Waals surface area contributed by atoms with Gasteiger partial charge in [-0.05, 0) is 32.9 Å². The average molecular weight is 371 g/mol. The lowest BCUT2D eigenvalue weighted by Gasteiger charge is -2.14. The number of nitro groups is 1. The zero-order chi connectivity index (χ0) is 20.1. The second-order valence-electron chi connectivity index (χ2n) is 5.71. The van der Waals surface area contributed by atoms with Crippen molar-refractivity contribution in [2.45, 2.75) is 33.4 Å². The summed E-state index contributed by atoms with van der Waals surface area (Å²) in [5.74, 6) is -1.38. The van der Waals surface area contributed by atoms with Gasteiger partial charge in [-0.15, -0.1) is 0 Å². The largest absolute Gasteiger partial charge is 0.451 e. The Labute approximate surface area is 154 Å². The monoisotopic (exact) mass is 371 g/mol. The van der Waals surface area contributed by atoms with Crippen LogP contribution in [0, 0.1) is 35.3 Å². The first-order valence-corrected chi connectivity index (χ1v) is 7.92. The van der Waals surface area contributed by atoms with Crippen LogP contribution in [0.5, 0.6) is 0 Å². The van der Waals surface area contributed by atoms with E-state index in [-0.39, 0.29) is 29.2 Å². The van der Waals surface area contributed by atoms with Gasteiger partial charge in [0.05, 0.1) is 16.2 Å². The zero-order valence-corrected chi connectivity index (χ0v) is 14.9. The minimum atomic E-state index is -1.13. The highest BCUT2D eigenvalue weighted by Gasteiger charge is 2.24. The van der Waals surface area contributed by atoms with E-state index in [0.717, 1.165) is 4.68 Å². The van der Waals surface area contributed by atoms with Gasteiger partial charge in [0.2, 0.25) is 0 Å². The van der Waals surface area contributed by atoms with Gasteiger partial charge in [-0.2, -0.15) is 10.4 Å². The number of esters is 1. The number of nitrogens with zero attached hydrogens (tertiary/aromatic N) is 4. The highest BCUT2D eigenvalue weighted by molar-refractivity contribution is 5.96. The number of amides is 1. The maximum Gasteiger partial charge on any atom is 0.328 e.